The first-order valence-electron chi connectivity index (χ1n) is 7.99. The number of carbonyl (C=O) groups is 1. The van der Waals surface area contributed by atoms with Crippen molar-refractivity contribution in [1.29, 1.82) is 0 Å². The van der Waals surface area contributed by atoms with Gasteiger partial charge in [-0.25, -0.2) is 0 Å². The van der Waals surface area contributed by atoms with Gasteiger partial charge in [0.05, 0.1) is 11.4 Å². The third-order valence-electron chi connectivity index (χ3n) is 4.03. The molecule has 1 fully saturated rings. The summed E-state index contributed by atoms with van der Waals surface area (Å²) in [6.45, 7) is 2.18. The van der Waals surface area contributed by atoms with Gasteiger partial charge in [0.25, 0.3) is 0 Å². The van der Waals surface area contributed by atoms with Gasteiger partial charge in [0.2, 0.25) is 5.91 Å². The lowest BCUT2D eigenvalue weighted by Gasteiger charge is -2.21. The molecule has 0 saturated carbocycles. The molecule has 116 valence electrons. The van der Waals surface area contributed by atoms with E-state index in [9.17, 15) is 4.79 Å². The van der Waals surface area contributed by atoms with Gasteiger partial charge in [-0.05, 0) is 49.3 Å². The molecule has 0 bridgehead atoms. The minimum absolute atomic E-state index is 0.114. The first-order valence-corrected chi connectivity index (χ1v) is 8.87. The number of carbonyl (C=O) groups excluding carboxylic acids is 1. The van der Waals surface area contributed by atoms with Crippen molar-refractivity contribution in [2.24, 2.45) is 0 Å². The summed E-state index contributed by atoms with van der Waals surface area (Å²) < 4.78 is 0. The smallest absolute Gasteiger partial charge is 0.224 e. The standard InChI is InChI=1S/C18H22N2OS/c21-18(11-5-7-15-8-6-14-22-15)19-16-9-1-2-10-17(16)20-12-3-4-13-20/h1-2,6,8-10,14H,3-5,7,11-13H2,(H,19,21). The second-order valence-corrected chi connectivity index (χ2v) is 6.72. The van der Waals surface area contributed by atoms with Crippen LogP contribution in [0.4, 0.5) is 11.4 Å². The van der Waals surface area contributed by atoms with Gasteiger partial charge in [0.1, 0.15) is 0 Å². The molecule has 2 heterocycles. The average Bonchev–Trinajstić information content (AvgIpc) is 3.21. The molecule has 0 aliphatic carbocycles. The molecule has 2 aromatic rings. The Kier molecular flexibility index (Phi) is 5.11. The van der Waals surface area contributed by atoms with Gasteiger partial charge in [-0.2, -0.15) is 0 Å². The molecule has 1 aromatic heterocycles. The normalized spacial score (nSPS) is 14.3. The third-order valence-corrected chi connectivity index (χ3v) is 4.97. The van der Waals surface area contributed by atoms with Gasteiger partial charge >= 0.3 is 0 Å². The molecular formula is C18H22N2OS. The second-order valence-electron chi connectivity index (χ2n) is 5.69. The van der Waals surface area contributed by atoms with Crippen molar-refractivity contribution in [3.05, 3.63) is 46.7 Å². The first kappa shape index (κ1) is 15.1. The van der Waals surface area contributed by atoms with Crippen LogP contribution in [-0.2, 0) is 11.2 Å². The lowest BCUT2D eigenvalue weighted by molar-refractivity contribution is -0.116. The number of anilines is 2. The summed E-state index contributed by atoms with van der Waals surface area (Å²) in [5.74, 6) is 0.114. The van der Waals surface area contributed by atoms with E-state index >= 15 is 0 Å². The molecule has 0 unspecified atom stereocenters. The summed E-state index contributed by atoms with van der Waals surface area (Å²) in [5, 5.41) is 5.18. The van der Waals surface area contributed by atoms with Crippen LogP contribution in [0.15, 0.2) is 41.8 Å². The molecule has 1 saturated heterocycles. The quantitative estimate of drug-likeness (QED) is 0.861. The van der Waals surface area contributed by atoms with Gasteiger partial charge in [-0.1, -0.05) is 18.2 Å². The van der Waals surface area contributed by atoms with Crippen LogP contribution in [-0.4, -0.2) is 19.0 Å². The highest BCUT2D eigenvalue weighted by atomic mass is 32.1. The number of thiophene rings is 1. The molecule has 1 aliphatic heterocycles. The van der Waals surface area contributed by atoms with Crippen molar-refractivity contribution in [2.75, 3.05) is 23.3 Å². The number of nitrogens with one attached hydrogen (secondary N) is 1. The van der Waals surface area contributed by atoms with Crippen molar-refractivity contribution in [1.82, 2.24) is 0 Å². The highest BCUT2D eigenvalue weighted by molar-refractivity contribution is 7.09. The minimum Gasteiger partial charge on any atom is -0.370 e. The van der Waals surface area contributed by atoms with E-state index < -0.39 is 0 Å². The van der Waals surface area contributed by atoms with Crippen LogP contribution in [0.2, 0.25) is 0 Å². The van der Waals surface area contributed by atoms with E-state index in [0.717, 1.165) is 37.3 Å². The summed E-state index contributed by atoms with van der Waals surface area (Å²) in [6, 6.07) is 12.3. The Morgan fingerprint density at radius 3 is 2.73 bits per heavy atom. The fraction of sp³-hybridized carbons (Fsp3) is 0.389. The Bertz CT molecular complexity index is 603. The van der Waals surface area contributed by atoms with Crippen molar-refractivity contribution in [3.63, 3.8) is 0 Å². The number of hydrogen-bond acceptors (Lipinski definition) is 3. The highest BCUT2D eigenvalue weighted by Crippen LogP contribution is 2.28. The molecule has 1 N–H and O–H groups in total. The molecule has 0 radical (unpaired) electrons. The zero-order valence-corrected chi connectivity index (χ0v) is 13.6. The average molecular weight is 314 g/mol. The van der Waals surface area contributed by atoms with Crippen LogP contribution in [0.1, 0.15) is 30.6 Å². The van der Waals surface area contributed by atoms with Gasteiger partial charge in [-0.3, -0.25) is 4.79 Å². The molecule has 22 heavy (non-hydrogen) atoms. The number of nitrogens with zero attached hydrogens (tertiary/aromatic N) is 1. The van der Waals surface area contributed by atoms with Crippen molar-refractivity contribution < 1.29 is 4.79 Å². The lowest BCUT2D eigenvalue weighted by Crippen LogP contribution is -2.21. The lowest BCUT2D eigenvalue weighted by atomic mass is 10.2. The van der Waals surface area contributed by atoms with E-state index in [1.165, 1.54) is 17.7 Å². The van der Waals surface area contributed by atoms with Crippen molar-refractivity contribution >= 4 is 28.6 Å². The van der Waals surface area contributed by atoms with Gasteiger partial charge in [-0.15, -0.1) is 11.3 Å². The maximum atomic E-state index is 12.2. The van der Waals surface area contributed by atoms with Gasteiger partial charge in [0.15, 0.2) is 0 Å². The van der Waals surface area contributed by atoms with Crippen LogP contribution in [0, 0.1) is 0 Å². The van der Waals surface area contributed by atoms with E-state index in [1.807, 2.05) is 18.2 Å². The summed E-state index contributed by atoms with van der Waals surface area (Å²) in [5.41, 5.74) is 2.11. The molecule has 1 amide bonds. The Balaban J connectivity index is 1.54. The number of para-hydroxylation sites is 2. The van der Waals surface area contributed by atoms with Crippen LogP contribution in [0.5, 0.6) is 0 Å². The van der Waals surface area contributed by atoms with Crippen LogP contribution < -0.4 is 10.2 Å². The molecular weight excluding hydrogens is 292 g/mol. The van der Waals surface area contributed by atoms with E-state index in [-0.39, 0.29) is 5.91 Å². The summed E-state index contributed by atoms with van der Waals surface area (Å²) in [6.07, 6.45) is 4.94. The van der Waals surface area contributed by atoms with E-state index in [4.69, 9.17) is 0 Å². The summed E-state index contributed by atoms with van der Waals surface area (Å²) in [4.78, 5) is 15.9. The summed E-state index contributed by atoms with van der Waals surface area (Å²) in [7, 11) is 0. The molecule has 0 atom stereocenters. The monoisotopic (exact) mass is 314 g/mol. The first-order chi connectivity index (χ1) is 10.8. The molecule has 3 rings (SSSR count). The van der Waals surface area contributed by atoms with E-state index in [0.29, 0.717) is 6.42 Å². The van der Waals surface area contributed by atoms with Crippen LogP contribution in [0.25, 0.3) is 0 Å². The zero-order valence-electron chi connectivity index (χ0n) is 12.8. The Morgan fingerprint density at radius 1 is 1.14 bits per heavy atom. The predicted molar refractivity (Wildman–Crippen MR) is 93.8 cm³/mol. The Morgan fingerprint density at radius 2 is 1.95 bits per heavy atom. The third kappa shape index (κ3) is 3.89. The Labute approximate surface area is 136 Å². The largest absolute Gasteiger partial charge is 0.370 e. The number of rotatable bonds is 6. The number of hydrogen-bond donors (Lipinski definition) is 1. The van der Waals surface area contributed by atoms with Gasteiger partial charge < -0.3 is 10.2 Å². The van der Waals surface area contributed by atoms with E-state index in [1.54, 1.807) is 11.3 Å². The second kappa shape index (κ2) is 7.45. The Hall–Kier alpha value is -1.81. The topological polar surface area (TPSA) is 32.3 Å². The molecule has 1 aliphatic rings. The number of benzene rings is 1. The minimum atomic E-state index is 0.114. The number of aryl methyl sites for hydroxylation is 1. The maximum absolute atomic E-state index is 12.2. The SMILES string of the molecule is O=C(CCCc1cccs1)Nc1ccccc1N1CCCC1. The molecule has 1 aromatic carbocycles. The molecule has 4 heteroatoms. The predicted octanol–water partition coefficient (Wildman–Crippen LogP) is 4.31. The highest BCUT2D eigenvalue weighted by Gasteiger charge is 2.16. The van der Waals surface area contributed by atoms with Crippen LogP contribution >= 0.6 is 11.3 Å². The fourth-order valence-corrected chi connectivity index (χ4v) is 3.66. The van der Waals surface area contributed by atoms with Crippen LogP contribution in [0.3, 0.4) is 0 Å². The summed E-state index contributed by atoms with van der Waals surface area (Å²) >= 11 is 1.76. The molecule has 0 spiro atoms. The van der Waals surface area contributed by atoms with E-state index in [2.05, 4.69) is 33.8 Å². The van der Waals surface area contributed by atoms with Crippen molar-refractivity contribution in [3.8, 4) is 0 Å². The van der Waals surface area contributed by atoms with Crippen molar-refractivity contribution in [2.45, 2.75) is 32.1 Å². The zero-order chi connectivity index (χ0) is 15.2. The van der Waals surface area contributed by atoms with Gasteiger partial charge in [0, 0.05) is 24.4 Å². The number of amides is 1. The molecule has 3 nitrogen and oxygen atoms in total. The fourth-order valence-electron chi connectivity index (χ4n) is 2.90. The maximum Gasteiger partial charge on any atom is 0.224 e.